The molecule has 0 spiro atoms. The Morgan fingerprint density at radius 1 is 1.12 bits per heavy atom. The van der Waals surface area contributed by atoms with Gasteiger partial charge >= 0.3 is 5.97 Å². The molecular weight excluding hydrogens is 413 g/mol. The topological polar surface area (TPSA) is 125 Å². The number of carboxylic acid groups (broad SMARTS) is 1. The van der Waals surface area contributed by atoms with Crippen molar-refractivity contribution in [2.24, 2.45) is 0 Å². The van der Waals surface area contributed by atoms with Crippen molar-refractivity contribution in [3.63, 3.8) is 0 Å². The zero-order chi connectivity index (χ0) is 22.5. The standard InChI is InChI=1S/C23H16FN5O3/c24-19-11-15(8-9-26-19)21-22(27-17(23(30)31)12-16-7-4-10-32-16)28-18(13-25)20(29-21)14-5-2-1-3-6-14/h1-11,17H,12H2,(H,27,28)(H,30,31). The summed E-state index contributed by atoms with van der Waals surface area (Å²) in [5.74, 6) is -1.39. The van der Waals surface area contributed by atoms with E-state index in [9.17, 15) is 19.6 Å². The van der Waals surface area contributed by atoms with Gasteiger partial charge < -0.3 is 14.8 Å². The van der Waals surface area contributed by atoms with Crippen LogP contribution in [0, 0.1) is 17.3 Å². The first-order valence-corrected chi connectivity index (χ1v) is 9.56. The number of aromatic nitrogens is 3. The summed E-state index contributed by atoms with van der Waals surface area (Å²) in [6.45, 7) is 0. The molecule has 0 aliphatic carbocycles. The second kappa shape index (κ2) is 9.06. The Kier molecular flexibility index (Phi) is 5.85. The van der Waals surface area contributed by atoms with Crippen molar-refractivity contribution < 1.29 is 18.7 Å². The van der Waals surface area contributed by atoms with Gasteiger partial charge in [-0.3, -0.25) is 0 Å². The summed E-state index contributed by atoms with van der Waals surface area (Å²) in [5.41, 5.74) is 1.46. The third-order valence-electron chi connectivity index (χ3n) is 4.64. The van der Waals surface area contributed by atoms with Crippen LogP contribution < -0.4 is 5.32 Å². The lowest BCUT2D eigenvalue weighted by Crippen LogP contribution is -2.32. The molecule has 0 saturated carbocycles. The molecule has 0 saturated heterocycles. The minimum atomic E-state index is -1.15. The van der Waals surface area contributed by atoms with Crippen molar-refractivity contribution in [3.05, 3.63) is 84.5 Å². The van der Waals surface area contributed by atoms with Gasteiger partial charge in [-0.05, 0) is 18.2 Å². The van der Waals surface area contributed by atoms with Crippen LogP contribution in [0.5, 0.6) is 0 Å². The summed E-state index contributed by atoms with van der Waals surface area (Å²) >= 11 is 0. The second-order valence-electron chi connectivity index (χ2n) is 6.78. The fourth-order valence-electron chi connectivity index (χ4n) is 3.16. The van der Waals surface area contributed by atoms with Crippen LogP contribution in [0.15, 0.2) is 71.5 Å². The van der Waals surface area contributed by atoms with Crippen LogP contribution in [0.25, 0.3) is 22.5 Å². The average Bonchev–Trinajstić information content (AvgIpc) is 3.32. The molecule has 0 aliphatic heterocycles. The number of furan rings is 1. The first-order chi connectivity index (χ1) is 15.5. The van der Waals surface area contributed by atoms with Gasteiger partial charge in [0.1, 0.15) is 29.3 Å². The Morgan fingerprint density at radius 3 is 2.59 bits per heavy atom. The third-order valence-corrected chi connectivity index (χ3v) is 4.64. The Balaban J connectivity index is 1.84. The molecule has 1 aromatic carbocycles. The lowest BCUT2D eigenvalue weighted by Gasteiger charge is -2.18. The number of benzene rings is 1. The molecular formula is C23H16FN5O3. The van der Waals surface area contributed by atoms with Gasteiger partial charge in [-0.25, -0.2) is 19.7 Å². The normalized spacial score (nSPS) is 11.5. The maximum atomic E-state index is 13.9. The molecule has 2 N–H and O–H groups in total. The minimum absolute atomic E-state index is 0.000819. The third kappa shape index (κ3) is 4.44. The number of rotatable bonds is 7. The van der Waals surface area contributed by atoms with Crippen molar-refractivity contribution in [2.45, 2.75) is 12.5 Å². The molecule has 4 aromatic rings. The number of hydrogen-bond acceptors (Lipinski definition) is 7. The number of carbonyl (C=O) groups is 1. The number of nitriles is 1. The summed E-state index contributed by atoms with van der Waals surface area (Å²) in [5, 5.41) is 22.2. The number of carboxylic acids is 1. The van der Waals surface area contributed by atoms with Gasteiger partial charge in [-0.1, -0.05) is 30.3 Å². The minimum Gasteiger partial charge on any atom is -0.480 e. The summed E-state index contributed by atoms with van der Waals surface area (Å²) < 4.78 is 19.1. The van der Waals surface area contributed by atoms with Crippen molar-refractivity contribution in [3.8, 4) is 28.6 Å². The van der Waals surface area contributed by atoms with Gasteiger partial charge in [0, 0.05) is 29.8 Å². The monoisotopic (exact) mass is 429 g/mol. The number of anilines is 1. The number of pyridine rings is 1. The average molecular weight is 429 g/mol. The predicted octanol–water partition coefficient (Wildman–Crippen LogP) is 3.92. The molecule has 9 heteroatoms. The molecule has 0 bridgehead atoms. The van der Waals surface area contributed by atoms with Gasteiger partial charge in [0.05, 0.1) is 6.26 Å². The van der Waals surface area contributed by atoms with E-state index >= 15 is 0 Å². The van der Waals surface area contributed by atoms with E-state index < -0.39 is 18.0 Å². The molecule has 4 rings (SSSR count). The lowest BCUT2D eigenvalue weighted by atomic mass is 10.1. The van der Waals surface area contributed by atoms with E-state index in [1.807, 2.05) is 12.1 Å². The fraction of sp³-hybridized carbons (Fsp3) is 0.0870. The molecule has 0 fully saturated rings. The van der Waals surface area contributed by atoms with E-state index in [1.54, 1.807) is 36.4 Å². The van der Waals surface area contributed by atoms with Crippen LogP contribution in [0.4, 0.5) is 10.2 Å². The highest BCUT2D eigenvalue weighted by atomic mass is 19.1. The largest absolute Gasteiger partial charge is 0.480 e. The van der Waals surface area contributed by atoms with E-state index in [4.69, 9.17) is 4.42 Å². The molecule has 0 amide bonds. The van der Waals surface area contributed by atoms with Crippen LogP contribution in [0.1, 0.15) is 11.5 Å². The van der Waals surface area contributed by atoms with Gasteiger partial charge in [0.15, 0.2) is 11.5 Å². The smallest absolute Gasteiger partial charge is 0.326 e. The van der Waals surface area contributed by atoms with Gasteiger partial charge in [0.25, 0.3) is 0 Å². The summed E-state index contributed by atoms with van der Waals surface area (Å²) in [4.78, 5) is 24.4. The number of nitrogens with one attached hydrogen (secondary N) is 1. The second-order valence-corrected chi connectivity index (χ2v) is 6.78. The SMILES string of the molecule is N#Cc1nc(NC(Cc2ccco2)C(=O)O)c(-c2ccnc(F)c2)nc1-c1ccccc1. The number of halogens is 1. The Bertz CT molecular complexity index is 1290. The van der Waals surface area contributed by atoms with E-state index in [2.05, 4.69) is 20.3 Å². The number of nitrogens with zero attached hydrogens (tertiary/aromatic N) is 4. The van der Waals surface area contributed by atoms with Crippen LogP contribution in [-0.2, 0) is 11.2 Å². The summed E-state index contributed by atoms with van der Waals surface area (Å²) in [6, 6.07) is 15.8. The molecule has 1 unspecified atom stereocenters. The van der Waals surface area contributed by atoms with E-state index in [0.717, 1.165) is 6.07 Å². The maximum absolute atomic E-state index is 13.9. The first kappa shape index (κ1) is 20.7. The number of hydrogen-bond donors (Lipinski definition) is 2. The van der Waals surface area contributed by atoms with E-state index in [1.165, 1.54) is 18.5 Å². The van der Waals surface area contributed by atoms with Crippen molar-refractivity contribution in [2.75, 3.05) is 5.32 Å². The van der Waals surface area contributed by atoms with Crippen molar-refractivity contribution in [1.82, 2.24) is 15.0 Å². The summed E-state index contributed by atoms with van der Waals surface area (Å²) in [7, 11) is 0. The van der Waals surface area contributed by atoms with Crippen LogP contribution in [0.2, 0.25) is 0 Å². The van der Waals surface area contributed by atoms with Crippen molar-refractivity contribution in [1.29, 1.82) is 5.26 Å². The zero-order valence-corrected chi connectivity index (χ0v) is 16.6. The quantitative estimate of drug-likeness (QED) is 0.424. The highest BCUT2D eigenvalue weighted by Crippen LogP contribution is 2.30. The first-order valence-electron chi connectivity index (χ1n) is 9.56. The molecule has 3 heterocycles. The molecule has 3 aromatic heterocycles. The number of aliphatic carboxylic acids is 1. The highest BCUT2D eigenvalue weighted by molar-refractivity contribution is 5.82. The molecule has 1 atom stereocenters. The van der Waals surface area contributed by atoms with Gasteiger partial charge in [-0.15, -0.1) is 0 Å². The van der Waals surface area contributed by atoms with Gasteiger partial charge in [0.2, 0.25) is 5.95 Å². The fourth-order valence-corrected chi connectivity index (χ4v) is 3.16. The Hall–Kier alpha value is -4.58. The maximum Gasteiger partial charge on any atom is 0.326 e. The lowest BCUT2D eigenvalue weighted by molar-refractivity contribution is -0.138. The Morgan fingerprint density at radius 2 is 1.94 bits per heavy atom. The molecule has 8 nitrogen and oxygen atoms in total. The summed E-state index contributed by atoms with van der Waals surface area (Å²) in [6.07, 6.45) is 2.74. The Labute approximate surface area is 182 Å². The molecule has 32 heavy (non-hydrogen) atoms. The van der Waals surface area contributed by atoms with E-state index in [-0.39, 0.29) is 23.6 Å². The molecule has 158 valence electrons. The van der Waals surface area contributed by atoms with Crippen molar-refractivity contribution >= 4 is 11.8 Å². The predicted molar refractivity (Wildman–Crippen MR) is 113 cm³/mol. The molecule has 0 aliphatic rings. The highest BCUT2D eigenvalue weighted by Gasteiger charge is 2.24. The molecule has 0 radical (unpaired) electrons. The van der Waals surface area contributed by atoms with Crippen LogP contribution in [-0.4, -0.2) is 32.1 Å². The van der Waals surface area contributed by atoms with Gasteiger partial charge in [-0.2, -0.15) is 9.65 Å². The van der Waals surface area contributed by atoms with Crippen LogP contribution >= 0.6 is 0 Å². The van der Waals surface area contributed by atoms with E-state index in [0.29, 0.717) is 22.6 Å². The zero-order valence-electron chi connectivity index (χ0n) is 16.6. The van der Waals surface area contributed by atoms with Crippen LogP contribution in [0.3, 0.4) is 0 Å².